The van der Waals surface area contributed by atoms with Gasteiger partial charge in [-0.25, -0.2) is 4.79 Å². The first-order valence-electron chi connectivity index (χ1n) is 4.64. The Bertz CT molecular complexity index is 448. The number of hydrogen-bond donors (Lipinski definition) is 0. The third-order valence-electron chi connectivity index (χ3n) is 1.97. The van der Waals surface area contributed by atoms with Gasteiger partial charge in [0.15, 0.2) is 6.10 Å². The maximum atomic E-state index is 11.2. The highest BCUT2D eigenvalue weighted by Crippen LogP contribution is 2.35. The lowest BCUT2D eigenvalue weighted by Crippen LogP contribution is -2.25. The van der Waals surface area contributed by atoms with Crippen LogP contribution in [0.1, 0.15) is 6.92 Å². The van der Waals surface area contributed by atoms with Crippen molar-refractivity contribution in [3.63, 3.8) is 0 Å². The van der Waals surface area contributed by atoms with Gasteiger partial charge in [-0.15, -0.1) is 0 Å². The first-order chi connectivity index (χ1) is 7.97. The van der Waals surface area contributed by atoms with Crippen LogP contribution < -0.4 is 4.74 Å². The van der Waals surface area contributed by atoms with E-state index in [4.69, 9.17) is 4.74 Å². The van der Waals surface area contributed by atoms with Crippen LogP contribution in [0, 0.1) is 10.1 Å². The number of nitro benzene ring substituents is 1. The van der Waals surface area contributed by atoms with Crippen LogP contribution in [-0.2, 0) is 9.53 Å². The molecule has 1 atom stereocenters. The van der Waals surface area contributed by atoms with Crippen LogP contribution in [0.3, 0.4) is 0 Å². The molecule has 1 aromatic carbocycles. The van der Waals surface area contributed by atoms with Gasteiger partial charge < -0.3 is 9.47 Å². The molecule has 0 spiro atoms. The Morgan fingerprint density at radius 2 is 2.18 bits per heavy atom. The molecule has 92 valence electrons. The lowest BCUT2D eigenvalue weighted by atomic mass is 10.3. The molecule has 0 radical (unpaired) electrons. The van der Waals surface area contributed by atoms with Crippen LogP contribution >= 0.6 is 15.9 Å². The minimum atomic E-state index is -0.919. The van der Waals surface area contributed by atoms with Gasteiger partial charge in [-0.3, -0.25) is 10.1 Å². The zero-order valence-corrected chi connectivity index (χ0v) is 10.8. The smallest absolute Gasteiger partial charge is 0.346 e. The number of carbonyl (C=O) groups is 1. The van der Waals surface area contributed by atoms with E-state index in [2.05, 4.69) is 20.7 Å². The van der Waals surface area contributed by atoms with E-state index in [0.717, 1.165) is 0 Å². The summed E-state index contributed by atoms with van der Waals surface area (Å²) in [5.74, 6) is -0.592. The number of halogens is 1. The summed E-state index contributed by atoms with van der Waals surface area (Å²) < 4.78 is 10.1. The lowest BCUT2D eigenvalue weighted by molar-refractivity contribution is -0.386. The Morgan fingerprint density at radius 1 is 1.53 bits per heavy atom. The van der Waals surface area contributed by atoms with Crippen molar-refractivity contribution in [2.24, 2.45) is 0 Å². The highest BCUT2D eigenvalue weighted by atomic mass is 79.9. The predicted molar refractivity (Wildman–Crippen MR) is 62.9 cm³/mol. The number of carbonyl (C=O) groups excluding carboxylic acids is 1. The molecule has 0 fully saturated rings. The Hall–Kier alpha value is -1.63. The predicted octanol–water partition coefficient (Wildman–Crippen LogP) is 2.30. The van der Waals surface area contributed by atoms with Gasteiger partial charge in [0.2, 0.25) is 5.75 Å². The number of methoxy groups -OCH3 is 1. The number of para-hydroxylation sites is 1. The standard InChI is InChI=1S/C10H10BrNO5/c1-6(10(13)16-2)17-9-7(11)4-3-5-8(9)12(14)15/h3-6H,1-2H3/t6-/m1/s1. The number of nitro groups is 1. The normalized spacial score (nSPS) is 11.7. The molecule has 1 aromatic rings. The van der Waals surface area contributed by atoms with E-state index >= 15 is 0 Å². The lowest BCUT2D eigenvalue weighted by Gasteiger charge is -2.13. The maximum Gasteiger partial charge on any atom is 0.346 e. The fraction of sp³-hybridized carbons (Fsp3) is 0.300. The third-order valence-corrected chi connectivity index (χ3v) is 2.60. The SMILES string of the molecule is COC(=O)[C@@H](C)Oc1c(Br)cccc1[N+](=O)[O-]. The molecule has 0 aliphatic carbocycles. The Kier molecular flexibility index (Phi) is 4.45. The monoisotopic (exact) mass is 303 g/mol. The number of hydrogen-bond acceptors (Lipinski definition) is 5. The van der Waals surface area contributed by atoms with E-state index in [1.807, 2.05) is 0 Å². The van der Waals surface area contributed by atoms with E-state index < -0.39 is 17.0 Å². The van der Waals surface area contributed by atoms with Gasteiger partial charge in [0.1, 0.15) is 0 Å². The van der Waals surface area contributed by atoms with Gasteiger partial charge in [-0.05, 0) is 28.9 Å². The molecule has 0 N–H and O–H groups in total. The Balaban J connectivity index is 3.05. The largest absolute Gasteiger partial charge is 0.471 e. The van der Waals surface area contributed by atoms with Crippen molar-refractivity contribution in [3.8, 4) is 5.75 Å². The van der Waals surface area contributed by atoms with Crippen molar-refractivity contribution >= 4 is 27.6 Å². The van der Waals surface area contributed by atoms with Crippen LogP contribution in [0.15, 0.2) is 22.7 Å². The molecule has 0 aromatic heterocycles. The van der Waals surface area contributed by atoms with Crippen molar-refractivity contribution in [1.29, 1.82) is 0 Å². The third kappa shape index (κ3) is 3.16. The second-order valence-corrected chi connectivity index (χ2v) is 3.98. The maximum absolute atomic E-state index is 11.2. The second-order valence-electron chi connectivity index (χ2n) is 3.13. The molecule has 6 nitrogen and oxygen atoms in total. The fourth-order valence-corrected chi connectivity index (χ4v) is 1.60. The van der Waals surface area contributed by atoms with E-state index in [-0.39, 0.29) is 11.4 Å². The second kappa shape index (κ2) is 5.62. The molecule has 17 heavy (non-hydrogen) atoms. The molecule has 0 bridgehead atoms. The summed E-state index contributed by atoms with van der Waals surface area (Å²) in [4.78, 5) is 21.4. The van der Waals surface area contributed by atoms with Crippen molar-refractivity contribution in [1.82, 2.24) is 0 Å². The highest BCUT2D eigenvalue weighted by molar-refractivity contribution is 9.10. The molecule has 0 amide bonds. The molecule has 0 heterocycles. The molecule has 0 unspecified atom stereocenters. The fourth-order valence-electron chi connectivity index (χ4n) is 1.15. The molecular weight excluding hydrogens is 294 g/mol. The van der Waals surface area contributed by atoms with Crippen LogP contribution in [0.25, 0.3) is 0 Å². The summed E-state index contributed by atoms with van der Waals surface area (Å²) in [5.41, 5.74) is -0.213. The van der Waals surface area contributed by atoms with E-state index in [1.165, 1.54) is 26.2 Å². The van der Waals surface area contributed by atoms with Gasteiger partial charge >= 0.3 is 11.7 Å². The Morgan fingerprint density at radius 3 is 2.71 bits per heavy atom. The number of rotatable bonds is 4. The molecule has 7 heteroatoms. The summed E-state index contributed by atoms with van der Waals surface area (Å²) >= 11 is 3.13. The number of nitrogens with zero attached hydrogens (tertiary/aromatic N) is 1. The van der Waals surface area contributed by atoms with Gasteiger partial charge in [0.05, 0.1) is 16.5 Å². The van der Waals surface area contributed by atoms with E-state index in [1.54, 1.807) is 6.07 Å². The molecule has 0 aliphatic rings. The minimum Gasteiger partial charge on any atom is -0.471 e. The van der Waals surface area contributed by atoms with Crippen molar-refractivity contribution in [3.05, 3.63) is 32.8 Å². The van der Waals surface area contributed by atoms with Gasteiger partial charge in [-0.2, -0.15) is 0 Å². The van der Waals surface area contributed by atoms with Crippen LogP contribution in [-0.4, -0.2) is 24.1 Å². The average molecular weight is 304 g/mol. The van der Waals surface area contributed by atoms with Gasteiger partial charge in [0, 0.05) is 6.07 Å². The van der Waals surface area contributed by atoms with E-state index in [0.29, 0.717) is 4.47 Å². The first-order valence-corrected chi connectivity index (χ1v) is 5.44. The number of esters is 1. The molecule has 1 rings (SSSR count). The van der Waals surface area contributed by atoms with Gasteiger partial charge in [-0.1, -0.05) is 6.07 Å². The first kappa shape index (κ1) is 13.4. The molecule has 0 saturated heterocycles. The number of benzene rings is 1. The summed E-state index contributed by atoms with van der Waals surface area (Å²) in [5, 5.41) is 10.8. The summed E-state index contributed by atoms with van der Waals surface area (Å²) in [7, 11) is 1.22. The van der Waals surface area contributed by atoms with Gasteiger partial charge in [0.25, 0.3) is 0 Å². The van der Waals surface area contributed by atoms with Crippen LogP contribution in [0.2, 0.25) is 0 Å². The Labute approximate surface area is 106 Å². The van der Waals surface area contributed by atoms with Crippen LogP contribution in [0.4, 0.5) is 5.69 Å². The molecule has 0 aliphatic heterocycles. The van der Waals surface area contributed by atoms with Crippen molar-refractivity contribution in [2.75, 3.05) is 7.11 Å². The quantitative estimate of drug-likeness (QED) is 0.484. The highest BCUT2D eigenvalue weighted by Gasteiger charge is 2.23. The average Bonchev–Trinajstić information content (AvgIpc) is 2.30. The number of ether oxygens (including phenoxy) is 2. The molecule has 0 saturated carbocycles. The zero-order chi connectivity index (χ0) is 13.0. The van der Waals surface area contributed by atoms with Crippen molar-refractivity contribution < 1.29 is 19.2 Å². The summed E-state index contributed by atoms with van der Waals surface area (Å²) in [6.45, 7) is 1.45. The van der Waals surface area contributed by atoms with Crippen LogP contribution in [0.5, 0.6) is 5.75 Å². The minimum absolute atomic E-state index is 0.00963. The van der Waals surface area contributed by atoms with Crippen molar-refractivity contribution in [2.45, 2.75) is 13.0 Å². The summed E-state index contributed by atoms with van der Waals surface area (Å²) in [6, 6.07) is 4.40. The van der Waals surface area contributed by atoms with E-state index in [9.17, 15) is 14.9 Å². The topological polar surface area (TPSA) is 78.7 Å². The zero-order valence-electron chi connectivity index (χ0n) is 9.18. The molecular formula is C10H10BrNO5. The summed E-state index contributed by atoms with van der Waals surface area (Å²) in [6.07, 6.45) is -0.919.